The maximum atomic E-state index is 13.2. The molecule has 2 atom stereocenters. The third kappa shape index (κ3) is 5.64. The van der Waals surface area contributed by atoms with Gasteiger partial charge in [0, 0.05) is 37.7 Å². The van der Waals surface area contributed by atoms with Crippen molar-refractivity contribution in [1.82, 2.24) is 15.1 Å². The monoisotopic (exact) mass is 397 g/mol. The van der Waals surface area contributed by atoms with Crippen molar-refractivity contribution in [3.8, 4) is 0 Å². The number of carbonyl (C=O) groups is 2. The molecular formula is C23H28FN3O2. The van der Waals surface area contributed by atoms with Gasteiger partial charge < -0.3 is 15.1 Å². The van der Waals surface area contributed by atoms with E-state index in [4.69, 9.17) is 0 Å². The SMILES string of the molecule is CN(C)CCNC(=O)C1CC(c2ccccc2)CN(C(=O)c2ccc(F)cc2)C1. The number of piperidine rings is 1. The lowest BCUT2D eigenvalue weighted by Gasteiger charge is -2.37. The number of carbonyl (C=O) groups excluding carboxylic acids is 2. The van der Waals surface area contributed by atoms with Gasteiger partial charge in [0.1, 0.15) is 5.82 Å². The Kier molecular flexibility index (Phi) is 6.99. The van der Waals surface area contributed by atoms with E-state index in [1.54, 1.807) is 4.90 Å². The number of rotatable bonds is 6. The van der Waals surface area contributed by atoms with Gasteiger partial charge in [-0.1, -0.05) is 30.3 Å². The van der Waals surface area contributed by atoms with E-state index >= 15 is 0 Å². The van der Waals surface area contributed by atoms with Crippen LogP contribution >= 0.6 is 0 Å². The summed E-state index contributed by atoms with van der Waals surface area (Å²) in [6.07, 6.45) is 0.699. The second-order valence-electron chi connectivity index (χ2n) is 7.85. The van der Waals surface area contributed by atoms with Crippen molar-refractivity contribution in [1.29, 1.82) is 0 Å². The summed E-state index contributed by atoms with van der Waals surface area (Å²) in [5.74, 6) is -0.763. The highest BCUT2D eigenvalue weighted by molar-refractivity contribution is 5.94. The van der Waals surface area contributed by atoms with Crippen LogP contribution in [0.2, 0.25) is 0 Å². The van der Waals surface area contributed by atoms with Crippen LogP contribution in [0.4, 0.5) is 4.39 Å². The van der Waals surface area contributed by atoms with Crippen LogP contribution in [0.15, 0.2) is 54.6 Å². The lowest BCUT2D eigenvalue weighted by Crippen LogP contribution is -2.48. The Bertz CT molecular complexity index is 824. The van der Waals surface area contributed by atoms with E-state index in [1.807, 2.05) is 49.3 Å². The van der Waals surface area contributed by atoms with Crippen LogP contribution in [0.3, 0.4) is 0 Å². The molecule has 0 radical (unpaired) electrons. The Hall–Kier alpha value is -2.73. The molecule has 29 heavy (non-hydrogen) atoms. The molecule has 1 saturated heterocycles. The van der Waals surface area contributed by atoms with Gasteiger partial charge in [0.15, 0.2) is 0 Å². The van der Waals surface area contributed by atoms with Crippen molar-refractivity contribution in [2.24, 2.45) is 5.92 Å². The largest absolute Gasteiger partial charge is 0.355 e. The van der Waals surface area contributed by atoms with Crippen molar-refractivity contribution in [2.45, 2.75) is 12.3 Å². The minimum absolute atomic E-state index is 0.0237. The zero-order valence-electron chi connectivity index (χ0n) is 17.0. The number of benzene rings is 2. The first kappa shape index (κ1) is 21.0. The van der Waals surface area contributed by atoms with Crippen molar-refractivity contribution >= 4 is 11.8 Å². The van der Waals surface area contributed by atoms with E-state index in [0.717, 1.165) is 12.1 Å². The van der Waals surface area contributed by atoms with Crippen LogP contribution in [0.25, 0.3) is 0 Å². The first-order valence-electron chi connectivity index (χ1n) is 9.96. The van der Waals surface area contributed by atoms with Gasteiger partial charge in [-0.15, -0.1) is 0 Å². The second kappa shape index (κ2) is 9.65. The third-order valence-electron chi connectivity index (χ3n) is 5.33. The van der Waals surface area contributed by atoms with Crippen molar-refractivity contribution in [3.05, 3.63) is 71.5 Å². The fraction of sp³-hybridized carbons (Fsp3) is 0.391. The van der Waals surface area contributed by atoms with Gasteiger partial charge in [0.2, 0.25) is 5.91 Å². The summed E-state index contributed by atoms with van der Waals surface area (Å²) in [7, 11) is 3.92. The summed E-state index contributed by atoms with van der Waals surface area (Å²) in [5.41, 5.74) is 1.56. The molecule has 2 unspecified atom stereocenters. The lowest BCUT2D eigenvalue weighted by atomic mass is 9.83. The Labute approximate surface area is 171 Å². The second-order valence-corrected chi connectivity index (χ2v) is 7.85. The van der Waals surface area contributed by atoms with Gasteiger partial charge >= 0.3 is 0 Å². The predicted molar refractivity (Wildman–Crippen MR) is 111 cm³/mol. The van der Waals surface area contributed by atoms with E-state index in [1.165, 1.54) is 24.3 Å². The zero-order chi connectivity index (χ0) is 20.8. The standard InChI is InChI=1S/C23H28FN3O2/c1-26(2)13-12-25-22(28)20-14-19(17-6-4-3-5-7-17)15-27(16-20)23(29)18-8-10-21(24)11-9-18/h3-11,19-20H,12-16H2,1-2H3,(H,25,28). The van der Waals surface area contributed by atoms with E-state index in [0.29, 0.717) is 31.6 Å². The zero-order valence-corrected chi connectivity index (χ0v) is 17.0. The number of nitrogens with one attached hydrogen (secondary N) is 1. The van der Waals surface area contributed by atoms with Crippen molar-refractivity contribution in [3.63, 3.8) is 0 Å². The quantitative estimate of drug-likeness (QED) is 0.816. The molecule has 1 aliphatic rings. The third-order valence-corrected chi connectivity index (χ3v) is 5.33. The molecule has 0 aromatic heterocycles. The van der Waals surface area contributed by atoms with E-state index < -0.39 is 0 Å². The summed E-state index contributed by atoms with van der Waals surface area (Å²) in [5, 5.41) is 2.99. The molecule has 2 amide bonds. The summed E-state index contributed by atoms with van der Waals surface area (Å²) in [6, 6.07) is 15.6. The normalized spacial score (nSPS) is 19.2. The molecule has 1 fully saturated rings. The van der Waals surface area contributed by atoms with E-state index in [9.17, 15) is 14.0 Å². The van der Waals surface area contributed by atoms with Crippen LogP contribution in [0.5, 0.6) is 0 Å². The van der Waals surface area contributed by atoms with E-state index in [2.05, 4.69) is 5.32 Å². The van der Waals surface area contributed by atoms with Crippen LogP contribution in [-0.2, 0) is 4.79 Å². The topological polar surface area (TPSA) is 52.7 Å². The highest BCUT2D eigenvalue weighted by atomic mass is 19.1. The number of amides is 2. The summed E-state index contributed by atoms with van der Waals surface area (Å²) in [4.78, 5) is 29.6. The maximum absolute atomic E-state index is 13.2. The molecule has 1 aliphatic heterocycles. The predicted octanol–water partition coefficient (Wildman–Crippen LogP) is 2.75. The number of hydrogen-bond donors (Lipinski definition) is 1. The molecule has 5 nitrogen and oxygen atoms in total. The van der Waals surface area contributed by atoms with Crippen molar-refractivity contribution in [2.75, 3.05) is 40.3 Å². The first-order valence-corrected chi connectivity index (χ1v) is 9.96. The molecule has 2 aromatic carbocycles. The number of halogens is 1. The molecule has 3 rings (SSSR count). The molecule has 1 heterocycles. The van der Waals surface area contributed by atoms with Crippen LogP contribution in [0, 0.1) is 11.7 Å². The summed E-state index contributed by atoms with van der Waals surface area (Å²) in [6.45, 7) is 2.25. The van der Waals surface area contributed by atoms with Gasteiger partial charge in [-0.2, -0.15) is 0 Å². The molecule has 2 aromatic rings. The molecule has 0 bridgehead atoms. The lowest BCUT2D eigenvalue weighted by molar-refractivity contribution is -0.126. The highest BCUT2D eigenvalue weighted by Crippen LogP contribution is 2.31. The highest BCUT2D eigenvalue weighted by Gasteiger charge is 2.34. The Morgan fingerprint density at radius 1 is 1.07 bits per heavy atom. The van der Waals surface area contributed by atoms with Crippen LogP contribution in [0.1, 0.15) is 28.3 Å². The molecular weight excluding hydrogens is 369 g/mol. The minimum Gasteiger partial charge on any atom is -0.355 e. The van der Waals surface area contributed by atoms with Gasteiger partial charge in [0.05, 0.1) is 5.92 Å². The molecule has 154 valence electrons. The Morgan fingerprint density at radius 3 is 2.41 bits per heavy atom. The molecule has 0 spiro atoms. The minimum atomic E-state index is -0.375. The fourth-order valence-electron chi connectivity index (χ4n) is 3.74. The number of hydrogen-bond acceptors (Lipinski definition) is 3. The first-order chi connectivity index (χ1) is 13.9. The Balaban J connectivity index is 1.77. The van der Waals surface area contributed by atoms with Gasteiger partial charge in [0.25, 0.3) is 5.91 Å². The average Bonchev–Trinajstić information content (AvgIpc) is 2.73. The van der Waals surface area contributed by atoms with E-state index in [-0.39, 0.29) is 29.5 Å². The smallest absolute Gasteiger partial charge is 0.253 e. The Morgan fingerprint density at radius 2 is 1.76 bits per heavy atom. The maximum Gasteiger partial charge on any atom is 0.253 e. The van der Waals surface area contributed by atoms with Gasteiger partial charge in [-0.05, 0) is 50.3 Å². The fourth-order valence-corrected chi connectivity index (χ4v) is 3.74. The molecule has 0 aliphatic carbocycles. The van der Waals surface area contributed by atoms with Gasteiger partial charge in [-0.25, -0.2) is 4.39 Å². The molecule has 6 heteroatoms. The summed E-state index contributed by atoms with van der Waals surface area (Å²) >= 11 is 0. The van der Waals surface area contributed by atoms with Gasteiger partial charge in [-0.3, -0.25) is 9.59 Å². The van der Waals surface area contributed by atoms with Crippen LogP contribution < -0.4 is 5.32 Å². The molecule has 0 saturated carbocycles. The van der Waals surface area contributed by atoms with Crippen molar-refractivity contribution < 1.29 is 14.0 Å². The number of nitrogens with zero attached hydrogens (tertiary/aromatic N) is 2. The van der Waals surface area contributed by atoms with Crippen LogP contribution in [-0.4, -0.2) is 61.9 Å². The number of likely N-dealkylation sites (N-methyl/N-ethyl adjacent to an activating group) is 1. The average molecular weight is 397 g/mol. The number of likely N-dealkylation sites (tertiary alicyclic amines) is 1. The summed E-state index contributed by atoms with van der Waals surface area (Å²) < 4.78 is 13.2. The molecule has 1 N–H and O–H groups in total.